The van der Waals surface area contributed by atoms with Crippen molar-refractivity contribution in [2.24, 2.45) is 0 Å². The Bertz CT molecular complexity index is 926. The Labute approximate surface area is 161 Å². The molecule has 0 spiro atoms. The lowest BCUT2D eigenvalue weighted by Crippen LogP contribution is -2.33. The van der Waals surface area contributed by atoms with Crippen molar-refractivity contribution in [2.45, 2.75) is 0 Å². The number of fused-ring (bicyclic) bond motifs is 1. The fraction of sp³-hybridized carbons (Fsp3) is 0.143. The molecule has 0 unspecified atom stereocenters. The van der Waals surface area contributed by atoms with Crippen LogP contribution in [0.4, 0.5) is 0 Å². The molecule has 1 heterocycles. The van der Waals surface area contributed by atoms with Gasteiger partial charge in [-0.05, 0) is 35.9 Å². The van der Waals surface area contributed by atoms with Crippen molar-refractivity contribution in [1.29, 1.82) is 0 Å². The van der Waals surface area contributed by atoms with E-state index in [0.717, 1.165) is 4.90 Å². The fourth-order valence-corrected chi connectivity index (χ4v) is 2.74. The molecule has 28 heavy (non-hydrogen) atoms. The summed E-state index contributed by atoms with van der Waals surface area (Å²) in [6.45, 7) is -0.115. The summed E-state index contributed by atoms with van der Waals surface area (Å²) in [5, 5.41) is 0. The highest BCUT2D eigenvalue weighted by atomic mass is 16.5. The van der Waals surface area contributed by atoms with E-state index in [0.29, 0.717) is 22.3 Å². The maximum absolute atomic E-state index is 12.2. The summed E-state index contributed by atoms with van der Waals surface area (Å²) in [7, 11) is 1.30. The van der Waals surface area contributed by atoms with Crippen LogP contribution in [0.25, 0.3) is 6.08 Å². The van der Waals surface area contributed by atoms with E-state index in [9.17, 15) is 19.2 Å². The zero-order valence-corrected chi connectivity index (χ0v) is 15.1. The average molecular weight is 379 g/mol. The number of carbonyl (C=O) groups is 4. The molecule has 0 atom stereocenters. The van der Waals surface area contributed by atoms with Crippen LogP contribution in [0.2, 0.25) is 0 Å². The lowest BCUT2D eigenvalue weighted by molar-refractivity contribution is -0.137. The van der Waals surface area contributed by atoms with Crippen LogP contribution in [0.1, 0.15) is 36.6 Å². The molecule has 7 nitrogen and oxygen atoms in total. The monoisotopic (exact) mass is 379 g/mol. The number of imide groups is 1. The van der Waals surface area contributed by atoms with Crippen molar-refractivity contribution < 1.29 is 28.7 Å². The molecule has 0 bridgehead atoms. The molecular formula is C21H17NO6. The van der Waals surface area contributed by atoms with Crippen molar-refractivity contribution in [3.8, 4) is 0 Å². The molecule has 0 N–H and O–H groups in total. The topological polar surface area (TPSA) is 90.0 Å². The number of benzene rings is 2. The smallest absolute Gasteiger partial charge is 0.337 e. The lowest BCUT2D eigenvalue weighted by atomic mass is 10.1. The molecule has 1 aliphatic rings. The number of carbonyl (C=O) groups excluding carboxylic acids is 4. The molecule has 0 fully saturated rings. The number of hydrogen-bond acceptors (Lipinski definition) is 6. The van der Waals surface area contributed by atoms with Gasteiger partial charge in [0.15, 0.2) is 0 Å². The van der Waals surface area contributed by atoms with Crippen LogP contribution in [0.5, 0.6) is 0 Å². The lowest BCUT2D eigenvalue weighted by Gasteiger charge is -2.13. The van der Waals surface area contributed by atoms with Gasteiger partial charge in [0.25, 0.3) is 11.8 Å². The fourth-order valence-electron chi connectivity index (χ4n) is 2.74. The molecule has 2 aromatic carbocycles. The number of amides is 2. The van der Waals surface area contributed by atoms with E-state index < -0.39 is 23.8 Å². The van der Waals surface area contributed by atoms with Crippen LogP contribution in [0.15, 0.2) is 54.6 Å². The molecule has 0 radical (unpaired) electrons. The van der Waals surface area contributed by atoms with Crippen molar-refractivity contribution in [1.82, 2.24) is 4.90 Å². The number of ether oxygens (including phenoxy) is 2. The first kappa shape index (κ1) is 19.0. The molecule has 7 heteroatoms. The number of methoxy groups -OCH3 is 1. The van der Waals surface area contributed by atoms with Gasteiger partial charge in [0.2, 0.25) is 0 Å². The molecule has 0 aromatic heterocycles. The maximum atomic E-state index is 12.2. The van der Waals surface area contributed by atoms with E-state index in [1.807, 2.05) is 0 Å². The largest absolute Gasteiger partial charge is 0.465 e. The first-order valence-corrected chi connectivity index (χ1v) is 8.49. The van der Waals surface area contributed by atoms with Crippen molar-refractivity contribution in [2.75, 3.05) is 20.3 Å². The van der Waals surface area contributed by atoms with Crippen LogP contribution < -0.4 is 0 Å². The van der Waals surface area contributed by atoms with Gasteiger partial charge >= 0.3 is 11.9 Å². The predicted molar refractivity (Wildman–Crippen MR) is 99.6 cm³/mol. The molecule has 0 aliphatic carbocycles. The van der Waals surface area contributed by atoms with Crippen molar-refractivity contribution in [3.63, 3.8) is 0 Å². The summed E-state index contributed by atoms with van der Waals surface area (Å²) in [4.78, 5) is 48.7. The highest BCUT2D eigenvalue weighted by molar-refractivity contribution is 6.21. The van der Waals surface area contributed by atoms with Gasteiger partial charge in [0, 0.05) is 6.08 Å². The highest BCUT2D eigenvalue weighted by Gasteiger charge is 2.34. The van der Waals surface area contributed by atoms with Crippen LogP contribution in [-0.4, -0.2) is 48.9 Å². The Morgan fingerprint density at radius 1 is 0.964 bits per heavy atom. The van der Waals surface area contributed by atoms with E-state index in [4.69, 9.17) is 4.74 Å². The molecule has 142 valence electrons. The van der Waals surface area contributed by atoms with Gasteiger partial charge in [0.05, 0.1) is 30.3 Å². The molecule has 1 aliphatic heterocycles. The first-order valence-electron chi connectivity index (χ1n) is 8.49. The molecule has 2 amide bonds. The first-order chi connectivity index (χ1) is 13.5. The Hall–Kier alpha value is -3.74. The molecule has 0 saturated carbocycles. The third-order valence-corrected chi connectivity index (χ3v) is 4.18. The number of rotatable bonds is 6. The zero-order valence-electron chi connectivity index (χ0n) is 15.1. The van der Waals surface area contributed by atoms with Gasteiger partial charge in [-0.15, -0.1) is 0 Å². The third-order valence-electron chi connectivity index (χ3n) is 4.18. The minimum absolute atomic E-state index is 0.0141. The molecular weight excluding hydrogens is 362 g/mol. The number of nitrogens with zero attached hydrogens (tertiary/aromatic N) is 1. The standard InChI is InChI=1S/C21H17NO6/c1-27-21(26)15-9-6-14(7-10-15)8-11-18(23)28-13-12-22-19(24)16-4-2-3-5-17(16)20(22)25/h2-11H,12-13H2,1H3/b11-8+. The van der Waals surface area contributed by atoms with Crippen molar-refractivity contribution in [3.05, 3.63) is 76.9 Å². The summed E-state index contributed by atoms with van der Waals surface area (Å²) in [6.07, 6.45) is 2.76. The quantitative estimate of drug-likeness (QED) is 0.435. The second-order valence-electron chi connectivity index (χ2n) is 5.92. The van der Waals surface area contributed by atoms with Gasteiger partial charge in [0.1, 0.15) is 6.61 Å². The second-order valence-corrected chi connectivity index (χ2v) is 5.92. The summed E-state index contributed by atoms with van der Waals surface area (Å²) in [5.74, 6) is -1.83. The molecule has 2 aromatic rings. The summed E-state index contributed by atoms with van der Waals surface area (Å²) < 4.78 is 9.67. The molecule has 0 saturated heterocycles. The Kier molecular flexibility index (Phi) is 5.64. The van der Waals surface area contributed by atoms with Crippen LogP contribution >= 0.6 is 0 Å². The van der Waals surface area contributed by atoms with Gasteiger partial charge in [-0.1, -0.05) is 24.3 Å². The van der Waals surface area contributed by atoms with E-state index in [2.05, 4.69) is 4.74 Å². The van der Waals surface area contributed by atoms with Gasteiger partial charge < -0.3 is 9.47 Å². The Morgan fingerprint density at radius 2 is 1.57 bits per heavy atom. The minimum Gasteiger partial charge on any atom is -0.465 e. The Balaban J connectivity index is 1.50. The van der Waals surface area contributed by atoms with Crippen LogP contribution in [0.3, 0.4) is 0 Å². The van der Waals surface area contributed by atoms with Crippen LogP contribution in [0, 0.1) is 0 Å². The minimum atomic E-state index is -0.603. The second kappa shape index (κ2) is 8.30. The van der Waals surface area contributed by atoms with Crippen LogP contribution in [-0.2, 0) is 14.3 Å². The summed E-state index contributed by atoms with van der Waals surface area (Å²) in [5.41, 5.74) is 1.82. The predicted octanol–water partition coefficient (Wildman–Crippen LogP) is 2.33. The van der Waals surface area contributed by atoms with Gasteiger partial charge in [-0.2, -0.15) is 0 Å². The van der Waals surface area contributed by atoms with Gasteiger partial charge in [-0.3, -0.25) is 14.5 Å². The van der Waals surface area contributed by atoms with E-state index in [1.54, 1.807) is 48.5 Å². The zero-order chi connectivity index (χ0) is 20.1. The molecule has 3 rings (SSSR count). The third kappa shape index (κ3) is 3.98. The number of hydrogen-bond donors (Lipinski definition) is 0. The summed E-state index contributed by atoms with van der Waals surface area (Å²) in [6, 6.07) is 13.1. The van der Waals surface area contributed by atoms with E-state index in [1.165, 1.54) is 19.3 Å². The van der Waals surface area contributed by atoms with Crippen molar-refractivity contribution >= 4 is 29.8 Å². The number of esters is 2. The SMILES string of the molecule is COC(=O)c1ccc(/C=C/C(=O)OCCN2C(=O)c3ccccc3C2=O)cc1. The highest BCUT2D eigenvalue weighted by Crippen LogP contribution is 2.21. The average Bonchev–Trinajstić information content (AvgIpc) is 2.97. The van der Waals surface area contributed by atoms with Gasteiger partial charge in [-0.25, -0.2) is 9.59 Å². The maximum Gasteiger partial charge on any atom is 0.337 e. The summed E-state index contributed by atoms with van der Waals surface area (Å²) >= 11 is 0. The van der Waals surface area contributed by atoms with E-state index >= 15 is 0 Å². The normalized spacial score (nSPS) is 13.0. The van der Waals surface area contributed by atoms with E-state index in [-0.39, 0.29) is 13.2 Å². The Morgan fingerprint density at radius 3 is 2.14 bits per heavy atom.